The number of nitrogens with two attached hydrogens (primary N) is 1. The highest BCUT2D eigenvalue weighted by molar-refractivity contribution is 5.40. The van der Waals surface area contributed by atoms with E-state index in [-0.39, 0.29) is 0 Å². The van der Waals surface area contributed by atoms with E-state index in [0.29, 0.717) is 6.61 Å². The first kappa shape index (κ1) is 9.07. The highest BCUT2D eigenvalue weighted by Crippen LogP contribution is 2.07. The summed E-state index contributed by atoms with van der Waals surface area (Å²) in [6.07, 6.45) is 1.06. The van der Waals surface area contributed by atoms with E-state index in [1.54, 1.807) is 0 Å². The molecule has 2 N–H and O–H groups in total. The molecular formula is C10H15NO. The normalized spacial score (nSPS) is 10.1. The predicted molar refractivity (Wildman–Crippen MR) is 50.8 cm³/mol. The number of benzene rings is 1. The second-order valence-corrected chi connectivity index (χ2v) is 2.80. The molecule has 0 aliphatic heterocycles. The van der Waals surface area contributed by atoms with Crippen LogP contribution in [0, 0.1) is 0 Å². The van der Waals surface area contributed by atoms with Crippen molar-refractivity contribution in [3.8, 4) is 0 Å². The number of anilines is 1. The lowest BCUT2D eigenvalue weighted by molar-refractivity contribution is 0.121. The third-order valence-electron chi connectivity index (χ3n) is 1.57. The number of nitrogen functional groups attached to an aromatic ring is 1. The summed E-state index contributed by atoms with van der Waals surface area (Å²) in [5.41, 5.74) is 7.55. The molecule has 66 valence electrons. The van der Waals surface area contributed by atoms with Crippen molar-refractivity contribution in [2.24, 2.45) is 0 Å². The molecule has 0 heterocycles. The maximum absolute atomic E-state index is 5.61. The minimum Gasteiger partial charge on any atom is -0.399 e. The van der Waals surface area contributed by atoms with Crippen LogP contribution in [0.15, 0.2) is 24.3 Å². The van der Waals surface area contributed by atoms with Crippen LogP contribution in [0.5, 0.6) is 0 Å². The molecule has 0 atom stereocenters. The average Bonchev–Trinajstić information content (AvgIpc) is 2.05. The van der Waals surface area contributed by atoms with Gasteiger partial charge in [0.05, 0.1) is 6.61 Å². The highest BCUT2D eigenvalue weighted by atomic mass is 16.5. The maximum Gasteiger partial charge on any atom is 0.0717 e. The van der Waals surface area contributed by atoms with Crippen LogP contribution in [0.3, 0.4) is 0 Å². The molecule has 1 rings (SSSR count). The van der Waals surface area contributed by atoms with Gasteiger partial charge in [-0.1, -0.05) is 19.1 Å². The summed E-state index contributed by atoms with van der Waals surface area (Å²) >= 11 is 0. The second kappa shape index (κ2) is 4.78. The molecule has 0 aliphatic carbocycles. The third kappa shape index (κ3) is 2.93. The summed E-state index contributed by atoms with van der Waals surface area (Å²) in [4.78, 5) is 0. The molecule has 0 aromatic heterocycles. The van der Waals surface area contributed by atoms with Crippen LogP contribution in [-0.2, 0) is 11.3 Å². The van der Waals surface area contributed by atoms with E-state index < -0.39 is 0 Å². The fourth-order valence-electron chi connectivity index (χ4n) is 1.02. The van der Waals surface area contributed by atoms with E-state index in [2.05, 4.69) is 6.92 Å². The Labute approximate surface area is 73.3 Å². The van der Waals surface area contributed by atoms with Gasteiger partial charge in [0.1, 0.15) is 0 Å². The van der Waals surface area contributed by atoms with E-state index >= 15 is 0 Å². The van der Waals surface area contributed by atoms with Crippen molar-refractivity contribution in [1.29, 1.82) is 0 Å². The summed E-state index contributed by atoms with van der Waals surface area (Å²) in [5, 5.41) is 0. The van der Waals surface area contributed by atoms with Gasteiger partial charge >= 0.3 is 0 Å². The molecule has 0 amide bonds. The van der Waals surface area contributed by atoms with Gasteiger partial charge in [-0.15, -0.1) is 0 Å². The zero-order valence-electron chi connectivity index (χ0n) is 7.42. The van der Waals surface area contributed by atoms with Gasteiger partial charge in [0.2, 0.25) is 0 Å². The van der Waals surface area contributed by atoms with E-state index in [1.165, 1.54) is 0 Å². The molecule has 0 bridgehead atoms. The van der Waals surface area contributed by atoms with Crippen molar-refractivity contribution in [2.75, 3.05) is 12.3 Å². The fourth-order valence-corrected chi connectivity index (χ4v) is 1.02. The third-order valence-corrected chi connectivity index (χ3v) is 1.57. The monoisotopic (exact) mass is 165 g/mol. The Balaban J connectivity index is 2.41. The standard InChI is InChI=1S/C10H15NO/c1-2-6-12-8-9-4-3-5-10(11)7-9/h3-5,7H,2,6,8,11H2,1H3. The number of ether oxygens (including phenoxy) is 1. The Bertz CT molecular complexity index is 235. The Kier molecular flexibility index (Phi) is 3.61. The molecule has 2 heteroatoms. The minimum absolute atomic E-state index is 0.666. The minimum atomic E-state index is 0.666. The maximum atomic E-state index is 5.61. The molecule has 1 aromatic carbocycles. The van der Waals surface area contributed by atoms with Gasteiger partial charge in [-0.3, -0.25) is 0 Å². The summed E-state index contributed by atoms with van der Waals surface area (Å²) in [6.45, 7) is 3.58. The lowest BCUT2D eigenvalue weighted by Crippen LogP contribution is -1.94. The summed E-state index contributed by atoms with van der Waals surface area (Å²) in [7, 11) is 0. The van der Waals surface area contributed by atoms with E-state index in [4.69, 9.17) is 10.5 Å². The van der Waals surface area contributed by atoms with Gasteiger partial charge in [-0.2, -0.15) is 0 Å². The van der Waals surface area contributed by atoms with Crippen molar-refractivity contribution < 1.29 is 4.74 Å². The van der Waals surface area contributed by atoms with Crippen molar-refractivity contribution in [1.82, 2.24) is 0 Å². The number of hydrogen-bond donors (Lipinski definition) is 1. The van der Waals surface area contributed by atoms with Crippen LogP contribution < -0.4 is 5.73 Å². The Morgan fingerprint density at radius 1 is 1.42 bits per heavy atom. The van der Waals surface area contributed by atoms with E-state index in [0.717, 1.165) is 24.3 Å². The van der Waals surface area contributed by atoms with Crippen LogP contribution in [0.25, 0.3) is 0 Å². The van der Waals surface area contributed by atoms with Crippen LogP contribution in [0.1, 0.15) is 18.9 Å². The fraction of sp³-hybridized carbons (Fsp3) is 0.400. The predicted octanol–water partition coefficient (Wildman–Crippen LogP) is 2.20. The van der Waals surface area contributed by atoms with Gasteiger partial charge in [0.15, 0.2) is 0 Å². The average molecular weight is 165 g/mol. The Morgan fingerprint density at radius 2 is 2.25 bits per heavy atom. The first-order valence-electron chi connectivity index (χ1n) is 4.25. The topological polar surface area (TPSA) is 35.2 Å². The quantitative estimate of drug-likeness (QED) is 0.548. The summed E-state index contributed by atoms with van der Waals surface area (Å²) in [5.74, 6) is 0. The van der Waals surface area contributed by atoms with Gasteiger partial charge in [0.25, 0.3) is 0 Å². The number of hydrogen-bond acceptors (Lipinski definition) is 2. The molecule has 2 nitrogen and oxygen atoms in total. The molecule has 0 radical (unpaired) electrons. The lowest BCUT2D eigenvalue weighted by Gasteiger charge is -2.02. The summed E-state index contributed by atoms with van der Waals surface area (Å²) < 4.78 is 5.37. The largest absolute Gasteiger partial charge is 0.399 e. The van der Waals surface area contributed by atoms with Gasteiger partial charge in [-0.25, -0.2) is 0 Å². The van der Waals surface area contributed by atoms with Crippen LogP contribution >= 0.6 is 0 Å². The van der Waals surface area contributed by atoms with Crippen LogP contribution in [0.2, 0.25) is 0 Å². The smallest absolute Gasteiger partial charge is 0.0717 e. The van der Waals surface area contributed by atoms with Crippen molar-refractivity contribution in [2.45, 2.75) is 20.0 Å². The van der Waals surface area contributed by atoms with Gasteiger partial charge in [-0.05, 0) is 24.1 Å². The molecule has 0 aliphatic rings. The molecule has 1 aromatic rings. The molecular weight excluding hydrogens is 150 g/mol. The van der Waals surface area contributed by atoms with Crippen molar-refractivity contribution in [3.63, 3.8) is 0 Å². The van der Waals surface area contributed by atoms with Gasteiger partial charge < -0.3 is 10.5 Å². The Morgan fingerprint density at radius 3 is 2.92 bits per heavy atom. The second-order valence-electron chi connectivity index (χ2n) is 2.80. The molecule has 0 spiro atoms. The van der Waals surface area contributed by atoms with Gasteiger partial charge in [0, 0.05) is 12.3 Å². The SMILES string of the molecule is CCCOCc1cccc(N)c1. The zero-order chi connectivity index (χ0) is 8.81. The number of rotatable bonds is 4. The zero-order valence-corrected chi connectivity index (χ0v) is 7.42. The molecule has 12 heavy (non-hydrogen) atoms. The first-order valence-corrected chi connectivity index (χ1v) is 4.25. The van der Waals surface area contributed by atoms with Crippen LogP contribution in [0.4, 0.5) is 5.69 Å². The molecule has 0 unspecified atom stereocenters. The molecule has 0 fully saturated rings. The summed E-state index contributed by atoms with van der Waals surface area (Å²) in [6, 6.07) is 7.78. The first-order chi connectivity index (χ1) is 5.83. The van der Waals surface area contributed by atoms with Crippen LogP contribution in [-0.4, -0.2) is 6.61 Å². The molecule has 0 saturated heterocycles. The molecule has 0 saturated carbocycles. The van der Waals surface area contributed by atoms with Crippen molar-refractivity contribution in [3.05, 3.63) is 29.8 Å². The Hall–Kier alpha value is -1.02. The van der Waals surface area contributed by atoms with E-state index in [9.17, 15) is 0 Å². The van der Waals surface area contributed by atoms with E-state index in [1.807, 2.05) is 24.3 Å². The lowest BCUT2D eigenvalue weighted by atomic mass is 10.2. The van der Waals surface area contributed by atoms with Crippen molar-refractivity contribution >= 4 is 5.69 Å². The highest BCUT2D eigenvalue weighted by Gasteiger charge is 1.92.